The van der Waals surface area contributed by atoms with Crippen molar-refractivity contribution in [3.63, 3.8) is 0 Å². The molecule has 2 unspecified atom stereocenters. The number of thioether (sulfide) groups is 1. The first-order valence-electron chi connectivity index (χ1n) is 6.86. The monoisotopic (exact) mass is 274 g/mol. The molecular formula is C13H26N2O2S. The molecule has 2 atom stereocenters. The minimum absolute atomic E-state index is 0.109. The van der Waals surface area contributed by atoms with E-state index in [0.717, 1.165) is 24.6 Å². The molecule has 0 aromatic carbocycles. The number of ether oxygens (including phenoxy) is 1. The number of amides is 1. The summed E-state index contributed by atoms with van der Waals surface area (Å²) in [4.78, 5) is 11.7. The summed E-state index contributed by atoms with van der Waals surface area (Å²) >= 11 is 2.02. The van der Waals surface area contributed by atoms with Crippen LogP contribution in [0.4, 0.5) is 0 Å². The molecule has 1 rings (SSSR count). The lowest BCUT2D eigenvalue weighted by atomic mass is 9.95. The van der Waals surface area contributed by atoms with Crippen molar-refractivity contribution in [2.24, 2.45) is 0 Å². The second-order valence-corrected chi connectivity index (χ2v) is 6.26. The second kappa shape index (κ2) is 9.64. The maximum Gasteiger partial charge on any atom is 0.234 e. The molecule has 0 saturated heterocycles. The van der Waals surface area contributed by atoms with Crippen LogP contribution in [0.15, 0.2) is 0 Å². The largest absolute Gasteiger partial charge is 0.383 e. The van der Waals surface area contributed by atoms with Gasteiger partial charge in [-0.25, -0.2) is 0 Å². The molecule has 1 aliphatic carbocycles. The molecule has 2 N–H and O–H groups in total. The van der Waals surface area contributed by atoms with E-state index in [9.17, 15) is 4.79 Å². The van der Waals surface area contributed by atoms with E-state index in [-0.39, 0.29) is 5.91 Å². The van der Waals surface area contributed by atoms with Gasteiger partial charge in [-0.15, -0.1) is 0 Å². The predicted molar refractivity (Wildman–Crippen MR) is 77.1 cm³/mol. The van der Waals surface area contributed by atoms with E-state index in [1.165, 1.54) is 18.6 Å². The summed E-state index contributed by atoms with van der Waals surface area (Å²) in [6.45, 7) is 3.97. The van der Waals surface area contributed by atoms with Crippen molar-refractivity contribution < 1.29 is 9.53 Å². The molecule has 1 aliphatic rings. The van der Waals surface area contributed by atoms with Crippen LogP contribution >= 0.6 is 11.8 Å². The van der Waals surface area contributed by atoms with Crippen LogP contribution in [0.3, 0.4) is 0 Å². The summed E-state index contributed by atoms with van der Waals surface area (Å²) in [5.41, 5.74) is 0. The standard InChI is InChI=1S/C13H26N2O2S/c1-3-18-12-6-4-5-11(9-12)15-13(16)10-14-7-8-17-2/h11-12,14H,3-10H2,1-2H3,(H,15,16). The topological polar surface area (TPSA) is 50.4 Å². The highest BCUT2D eigenvalue weighted by Crippen LogP contribution is 2.28. The molecule has 1 saturated carbocycles. The second-order valence-electron chi connectivity index (χ2n) is 4.68. The van der Waals surface area contributed by atoms with Gasteiger partial charge in [-0.1, -0.05) is 13.3 Å². The fraction of sp³-hybridized carbons (Fsp3) is 0.923. The number of carbonyl (C=O) groups excluding carboxylic acids is 1. The van der Waals surface area contributed by atoms with Gasteiger partial charge in [0.05, 0.1) is 13.2 Å². The molecule has 4 nitrogen and oxygen atoms in total. The van der Waals surface area contributed by atoms with Crippen molar-refractivity contribution in [1.29, 1.82) is 0 Å². The summed E-state index contributed by atoms with van der Waals surface area (Å²) in [5, 5.41) is 6.93. The van der Waals surface area contributed by atoms with Crippen molar-refractivity contribution in [3.8, 4) is 0 Å². The maximum absolute atomic E-state index is 11.7. The van der Waals surface area contributed by atoms with Crippen molar-refractivity contribution >= 4 is 17.7 Å². The molecule has 0 bridgehead atoms. The van der Waals surface area contributed by atoms with Crippen molar-refractivity contribution in [2.45, 2.75) is 43.9 Å². The molecule has 1 fully saturated rings. The summed E-state index contributed by atoms with van der Waals surface area (Å²) in [7, 11) is 1.66. The molecule has 0 radical (unpaired) electrons. The maximum atomic E-state index is 11.7. The Hall–Kier alpha value is -0.260. The number of carbonyl (C=O) groups is 1. The van der Waals surface area contributed by atoms with Crippen LogP contribution in [0.2, 0.25) is 0 Å². The van der Waals surface area contributed by atoms with Crippen LogP contribution < -0.4 is 10.6 Å². The highest BCUT2D eigenvalue weighted by Gasteiger charge is 2.22. The first-order chi connectivity index (χ1) is 8.76. The highest BCUT2D eigenvalue weighted by molar-refractivity contribution is 7.99. The molecule has 5 heteroatoms. The van der Waals surface area contributed by atoms with Gasteiger partial charge in [0.25, 0.3) is 0 Å². The number of hydrogen-bond donors (Lipinski definition) is 2. The first-order valence-corrected chi connectivity index (χ1v) is 7.91. The van der Waals surface area contributed by atoms with Gasteiger partial charge in [0.1, 0.15) is 0 Å². The van der Waals surface area contributed by atoms with Gasteiger partial charge in [-0.2, -0.15) is 11.8 Å². The van der Waals surface area contributed by atoms with E-state index in [0.29, 0.717) is 19.2 Å². The Labute approximate surface area is 115 Å². The van der Waals surface area contributed by atoms with Crippen LogP contribution in [-0.4, -0.2) is 49.8 Å². The van der Waals surface area contributed by atoms with E-state index < -0.39 is 0 Å². The van der Waals surface area contributed by atoms with Gasteiger partial charge in [-0.05, 0) is 25.0 Å². The molecule has 106 valence electrons. The van der Waals surface area contributed by atoms with E-state index in [1.54, 1.807) is 7.11 Å². The van der Waals surface area contributed by atoms with Crippen molar-refractivity contribution in [3.05, 3.63) is 0 Å². The van der Waals surface area contributed by atoms with Gasteiger partial charge in [0.2, 0.25) is 5.91 Å². The van der Waals surface area contributed by atoms with Crippen molar-refractivity contribution in [1.82, 2.24) is 10.6 Å². The van der Waals surface area contributed by atoms with Gasteiger partial charge in [0.15, 0.2) is 0 Å². The van der Waals surface area contributed by atoms with Crippen molar-refractivity contribution in [2.75, 3.05) is 32.6 Å². The Morgan fingerprint density at radius 2 is 2.28 bits per heavy atom. The quantitative estimate of drug-likeness (QED) is 0.657. The highest BCUT2D eigenvalue weighted by atomic mass is 32.2. The molecule has 0 heterocycles. The first kappa shape index (κ1) is 15.8. The average Bonchev–Trinajstić information content (AvgIpc) is 2.35. The lowest BCUT2D eigenvalue weighted by Crippen LogP contribution is -2.43. The fourth-order valence-electron chi connectivity index (χ4n) is 2.32. The summed E-state index contributed by atoms with van der Waals surface area (Å²) in [6.07, 6.45) is 4.80. The van der Waals surface area contributed by atoms with Gasteiger partial charge in [0, 0.05) is 24.9 Å². The zero-order valence-electron chi connectivity index (χ0n) is 11.5. The third kappa shape index (κ3) is 6.61. The van der Waals surface area contributed by atoms with Crippen LogP contribution in [0, 0.1) is 0 Å². The SMILES string of the molecule is CCSC1CCCC(NC(=O)CNCCOC)C1. The third-order valence-corrected chi connectivity index (χ3v) is 4.39. The summed E-state index contributed by atoms with van der Waals surface area (Å²) in [6, 6.07) is 0.375. The van der Waals surface area contributed by atoms with Crippen LogP contribution in [-0.2, 0) is 9.53 Å². The molecule has 0 aliphatic heterocycles. The van der Waals surface area contributed by atoms with E-state index in [2.05, 4.69) is 17.6 Å². The number of rotatable bonds is 8. The van der Waals surface area contributed by atoms with Crippen LogP contribution in [0.1, 0.15) is 32.6 Å². The average molecular weight is 274 g/mol. The Kier molecular flexibility index (Phi) is 8.46. The summed E-state index contributed by atoms with van der Waals surface area (Å²) in [5.74, 6) is 1.28. The molecule has 0 aromatic heterocycles. The normalized spacial score (nSPS) is 23.9. The Morgan fingerprint density at radius 1 is 1.44 bits per heavy atom. The Morgan fingerprint density at radius 3 is 3.00 bits per heavy atom. The smallest absolute Gasteiger partial charge is 0.234 e. The zero-order chi connectivity index (χ0) is 13.2. The lowest BCUT2D eigenvalue weighted by Gasteiger charge is -2.29. The summed E-state index contributed by atoms with van der Waals surface area (Å²) < 4.78 is 4.92. The molecule has 0 spiro atoms. The Bertz CT molecular complexity index is 237. The third-order valence-electron chi connectivity index (χ3n) is 3.16. The zero-order valence-corrected chi connectivity index (χ0v) is 12.4. The van der Waals surface area contributed by atoms with Crippen LogP contribution in [0.25, 0.3) is 0 Å². The van der Waals surface area contributed by atoms with Crippen LogP contribution in [0.5, 0.6) is 0 Å². The molecule has 0 aromatic rings. The lowest BCUT2D eigenvalue weighted by molar-refractivity contribution is -0.121. The Balaban J connectivity index is 2.14. The number of nitrogens with one attached hydrogen (secondary N) is 2. The van der Waals surface area contributed by atoms with E-state index >= 15 is 0 Å². The predicted octanol–water partition coefficient (Wildman–Crippen LogP) is 1.40. The van der Waals surface area contributed by atoms with Gasteiger partial charge in [-0.3, -0.25) is 4.79 Å². The molecule has 1 amide bonds. The molecular weight excluding hydrogens is 248 g/mol. The minimum atomic E-state index is 0.109. The number of hydrogen-bond acceptors (Lipinski definition) is 4. The van der Waals surface area contributed by atoms with E-state index in [4.69, 9.17) is 4.74 Å². The number of methoxy groups -OCH3 is 1. The van der Waals surface area contributed by atoms with E-state index in [1.807, 2.05) is 11.8 Å². The van der Waals surface area contributed by atoms with Gasteiger partial charge >= 0.3 is 0 Å². The fourth-order valence-corrected chi connectivity index (χ4v) is 3.49. The minimum Gasteiger partial charge on any atom is -0.383 e. The molecule has 18 heavy (non-hydrogen) atoms. The van der Waals surface area contributed by atoms with Gasteiger partial charge < -0.3 is 15.4 Å².